The van der Waals surface area contributed by atoms with Gasteiger partial charge in [0.2, 0.25) is 15.9 Å². The average Bonchev–Trinajstić information content (AvgIpc) is 2.78. The van der Waals surface area contributed by atoms with Gasteiger partial charge in [0, 0.05) is 12.7 Å². The summed E-state index contributed by atoms with van der Waals surface area (Å²) in [6, 6.07) is 5.32. The van der Waals surface area contributed by atoms with Crippen molar-refractivity contribution >= 4 is 21.6 Å². The van der Waals surface area contributed by atoms with Gasteiger partial charge in [-0.1, -0.05) is 11.2 Å². The third-order valence-corrected chi connectivity index (χ3v) is 5.16. The molecule has 1 aromatic carbocycles. The Bertz CT molecular complexity index is 813. The Kier molecular flexibility index (Phi) is 4.81. The van der Waals surface area contributed by atoms with E-state index in [2.05, 4.69) is 10.5 Å². The third kappa shape index (κ3) is 3.74. The molecule has 7 nitrogen and oxygen atoms in total. The van der Waals surface area contributed by atoms with Crippen molar-refractivity contribution < 1.29 is 22.1 Å². The Labute approximate surface area is 133 Å². The molecule has 0 saturated heterocycles. The van der Waals surface area contributed by atoms with Crippen LogP contribution in [-0.2, 0) is 14.8 Å². The van der Waals surface area contributed by atoms with Gasteiger partial charge in [0.05, 0.1) is 6.54 Å². The second-order valence-corrected chi connectivity index (χ2v) is 6.95. The van der Waals surface area contributed by atoms with Crippen LogP contribution in [0.1, 0.15) is 11.5 Å². The quantitative estimate of drug-likeness (QED) is 0.893. The van der Waals surface area contributed by atoms with Crippen LogP contribution in [0.3, 0.4) is 0 Å². The Morgan fingerprint density at radius 2 is 2.09 bits per heavy atom. The molecule has 0 bridgehead atoms. The molecule has 1 amide bonds. The Morgan fingerprint density at radius 3 is 2.65 bits per heavy atom. The van der Waals surface area contributed by atoms with Crippen LogP contribution in [0.25, 0.3) is 0 Å². The maximum atomic E-state index is 13.1. The van der Waals surface area contributed by atoms with Crippen LogP contribution in [0.5, 0.6) is 0 Å². The SMILES string of the molecule is Cc1noc(C)c1S(=O)(=O)N(C)CC(=O)Nc1cccc(F)c1. The zero-order valence-corrected chi connectivity index (χ0v) is 13.6. The van der Waals surface area contributed by atoms with Gasteiger partial charge in [0.1, 0.15) is 16.4 Å². The number of amides is 1. The number of nitrogens with zero attached hydrogens (tertiary/aromatic N) is 2. The second-order valence-electron chi connectivity index (χ2n) is 4.97. The average molecular weight is 341 g/mol. The summed E-state index contributed by atoms with van der Waals surface area (Å²) in [6.07, 6.45) is 0. The number of sulfonamides is 1. The topological polar surface area (TPSA) is 92.5 Å². The highest BCUT2D eigenvalue weighted by molar-refractivity contribution is 7.89. The number of benzene rings is 1. The van der Waals surface area contributed by atoms with Gasteiger partial charge in [0.15, 0.2) is 5.76 Å². The number of halogens is 1. The molecule has 0 atom stereocenters. The molecular formula is C14H16FN3O4S. The minimum Gasteiger partial charge on any atom is -0.360 e. The van der Waals surface area contributed by atoms with E-state index < -0.39 is 28.3 Å². The summed E-state index contributed by atoms with van der Waals surface area (Å²) in [4.78, 5) is 11.9. The summed E-state index contributed by atoms with van der Waals surface area (Å²) >= 11 is 0. The van der Waals surface area contributed by atoms with E-state index >= 15 is 0 Å². The first-order valence-corrected chi connectivity index (χ1v) is 8.10. The minimum atomic E-state index is -3.91. The standard InChI is InChI=1S/C14H16FN3O4S/c1-9-14(10(2)22-17-9)23(20,21)18(3)8-13(19)16-12-6-4-5-11(15)7-12/h4-7H,8H2,1-3H3,(H,16,19). The van der Waals surface area contributed by atoms with Gasteiger partial charge >= 0.3 is 0 Å². The maximum Gasteiger partial charge on any atom is 0.248 e. The molecule has 1 aromatic heterocycles. The van der Waals surface area contributed by atoms with E-state index in [0.29, 0.717) is 0 Å². The molecule has 124 valence electrons. The molecule has 1 heterocycles. The van der Waals surface area contributed by atoms with Gasteiger partial charge in [-0.05, 0) is 32.0 Å². The molecule has 0 spiro atoms. The number of anilines is 1. The molecular weight excluding hydrogens is 325 g/mol. The first-order valence-electron chi connectivity index (χ1n) is 6.66. The summed E-state index contributed by atoms with van der Waals surface area (Å²) < 4.78 is 43.7. The highest BCUT2D eigenvalue weighted by Crippen LogP contribution is 2.22. The second kappa shape index (κ2) is 6.47. The van der Waals surface area contributed by atoms with Crippen LogP contribution >= 0.6 is 0 Å². The fraction of sp³-hybridized carbons (Fsp3) is 0.286. The first-order chi connectivity index (χ1) is 10.7. The molecule has 0 aliphatic carbocycles. The van der Waals surface area contributed by atoms with Crippen LogP contribution in [0.2, 0.25) is 0 Å². The summed E-state index contributed by atoms with van der Waals surface area (Å²) in [6.45, 7) is 2.56. The lowest BCUT2D eigenvalue weighted by Crippen LogP contribution is -2.35. The first kappa shape index (κ1) is 17.1. The number of aryl methyl sites for hydroxylation is 2. The summed E-state index contributed by atoms with van der Waals surface area (Å²) in [7, 11) is -2.64. The van der Waals surface area contributed by atoms with Crippen molar-refractivity contribution in [1.82, 2.24) is 9.46 Å². The van der Waals surface area contributed by atoms with Crippen LogP contribution in [0.15, 0.2) is 33.7 Å². The number of carbonyl (C=O) groups is 1. The number of hydrogen-bond acceptors (Lipinski definition) is 5. The van der Waals surface area contributed by atoms with Crippen molar-refractivity contribution in [3.8, 4) is 0 Å². The van der Waals surface area contributed by atoms with E-state index in [1.807, 2.05) is 0 Å². The maximum absolute atomic E-state index is 13.1. The lowest BCUT2D eigenvalue weighted by atomic mass is 10.3. The Balaban J connectivity index is 2.12. The minimum absolute atomic E-state index is 0.0569. The van der Waals surface area contributed by atoms with Crippen molar-refractivity contribution in [2.75, 3.05) is 18.9 Å². The van der Waals surface area contributed by atoms with E-state index in [-0.39, 0.29) is 22.0 Å². The Hall–Kier alpha value is -2.26. The van der Waals surface area contributed by atoms with Crippen LogP contribution in [0.4, 0.5) is 10.1 Å². The predicted octanol–water partition coefficient (Wildman–Crippen LogP) is 1.69. The highest BCUT2D eigenvalue weighted by atomic mass is 32.2. The number of carbonyl (C=O) groups excluding carboxylic acids is 1. The Morgan fingerprint density at radius 1 is 1.39 bits per heavy atom. The number of aromatic nitrogens is 1. The molecule has 1 N–H and O–H groups in total. The lowest BCUT2D eigenvalue weighted by molar-refractivity contribution is -0.116. The molecule has 0 saturated carbocycles. The molecule has 9 heteroatoms. The molecule has 23 heavy (non-hydrogen) atoms. The molecule has 2 aromatic rings. The smallest absolute Gasteiger partial charge is 0.248 e. The van der Waals surface area contributed by atoms with Gasteiger partial charge in [-0.3, -0.25) is 4.79 Å². The van der Waals surface area contributed by atoms with E-state index in [1.54, 1.807) is 0 Å². The normalized spacial score (nSPS) is 11.7. The highest BCUT2D eigenvalue weighted by Gasteiger charge is 2.29. The van der Waals surface area contributed by atoms with Crippen LogP contribution < -0.4 is 5.32 Å². The van der Waals surface area contributed by atoms with Gasteiger partial charge in [-0.25, -0.2) is 12.8 Å². The summed E-state index contributed by atoms with van der Waals surface area (Å²) in [5.41, 5.74) is 0.470. The van der Waals surface area contributed by atoms with E-state index in [9.17, 15) is 17.6 Å². The van der Waals surface area contributed by atoms with Crippen molar-refractivity contribution in [2.24, 2.45) is 0 Å². The summed E-state index contributed by atoms with van der Waals surface area (Å²) in [5.74, 6) is -0.937. The largest absolute Gasteiger partial charge is 0.360 e. The third-order valence-electron chi connectivity index (χ3n) is 3.11. The van der Waals surface area contributed by atoms with Crippen LogP contribution in [-0.4, -0.2) is 37.4 Å². The number of nitrogens with one attached hydrogen (secondary N) is 1. The lowest BCUT2D eigenvalue weighted by Gasteiger charge is -2.16. The van der Waals surface area contributed by atoms with Gasteiger partial charge < -0.3 is 9.84 Å². The van der Waals surface area contributed by atoms with Crippen molar-refractivity contribution in [3.63, 3.8) is 0 Å². The molecule has 0 fully saturated rings. The predicted molar refractivity (Wildman–Crippen MR) is 80.8 cm³/mol. The molecule has 0 unspecified atom stereocenters. The van der Waals surface area contributed by atoms with E-state index in [0.717, 1.165) is 10.4 Å². The van der Waals surface area contributed by atoms with Gasteiger partial charge in [0.25, 0.3) is 0 Å². The van der Waals surface area contributed by atoms with Crippen molar-refractivity contribution in [3.05, 3.63) is 41.5 Å². The number of hydrogen-bond donors (Lipinski definition) is 1. The fourth-order valence-electron chi connectivity index (χ4n) is 2.05. The monoisotopic (exact) mass is 341 g/mol. The van der Waals surface area contributed by atoms with Crippen LogP contribution in [0, 0.1) is 19.7 Å². The van der Waals surface area contributed by atoms with Crippen molar-refractivity contribution in [2.45, 2.75) is 18.7 Å². The molecule has 2 rings (SSSR count). The zero-order chi connectivity index (χ0) is 17.2. The van der Waals surface area contributed by atoms with Gasteiger partial charge in [-0.15, -0.1) is 0 Å². The summed E-state index contributed by atoms with van der Waals surface area (Å²) in [5, 5.41) is 6.03. The number of rotatable bonds is 5. The molecule has 0 aliphatic rings. The zero-order valence-electron chi connectivity index (χ0n) is 12.8. The van der Waals surface area contributed by atoms with E-state index in [4.69, 9.17) is 4.52 Å². The van der Waals surface area contributed by atoms with Gasteiger partial charge in [-0.2, -0.15) is 4.31 Å². The van der Waals surface area contributed by atoms with Crippen molar-refractivity contribution in [1.29, 1.82) is 0 Å². The fourth-order valence-corrected chi connectivity index (χ4v) is 3.46. The molecule has 0 aliphatic heterocycles. The number of likely N-dealkylation sites (N-methyl/N-ethyl adjacent to an activating group) is 1. The molecule has 0 radical (unpaired) electrons. The van der Waals surface area contributed by atoms with E-state index in [1.165, 1.54) is 39.1 Å².